The predicted molar refractivity (Wildman–Crippen MR) is 77.3 cm³/mol. The Morgan fingerprint density at radius 2 is 1.43 bits per heavy atom. The third-order valence-corrected chi connectivity index (χ3v) is 3.89. The molecule has 7 heteroatoms. The molecule has 0 spiro atoms. The largest absolute Gasteiger partial charge is 0.573 e. The van der Waals surface area contributed by atoms with Crippen LogP contribution in [0, 0.1) is 0 Å². The van der Waals surface area contributed by atoms with Crippen molar-refractivity contribution in [2.24, 2.45) is 0 Å². The molecule has 0 heterocycles. The Morgan fingerprint density at radius 3 is 1.95 bits per heavy atom. The second kappa shape index (κ2) is 6.34. The lowest BCUT2D eigenvalue weighted by Crippen LogP contribution is -2.17. The molecule has 0 aliphatic carbocycles. The minimum absolute atomic E-state index is 0.302. The molecule has 21 heavy (non-hydrogen) atoms. The zero-order chi connectivity index (χ0) is 15.6. The highest BCUT2D eigenvalue weighted by Crippen LogP contribution is 2.34. The van der Waals surface area contributed by atoms with E-state index >= 15 is 0 Å². The summed E-state index contributed by atoms with van der Waals surface area (Å²) in [5.74, 6) is -0.302. The highest BCUT2D eigenvalue weighted by molar-refractivity contribution is 6.42. The summed E-state index contributed by atoms with van der Waals surface area (Å²) in [6.07, 6.45) is -4.72. The van der Waals surface area contributed by atoms with E-state index < -0.39 is 11.7 Å². The van der Waals surface area contributed by atoms with Gasteiger partial charge in [0.25, 0.3) is 0 Å². The van der Waals surface area contributed by atoms with Gasteiger partial charge in [0.1, 0.15) is 5.75 Å². The average Bonchev–Trinajstić information content (AvgIpc) is 2.40. The van der Waals surface area contributed by atoms with Gasteiger partial charge in [-0.1, -0.05) is 41.4 Å². The second-order valence-electron chi connectivity index (χ2n) is 4.15. The minimum atomic E-state index is -4.72. The number of alkyl halides is 4. The van der Waals surface area contributed by atoms with Gasteiger partial charge in [-0.2, -0.15) is 0 Å². The van der Waals surface area contributed by atoms with Crippen molar-refractivity contribution in [3.63, 3.8) is 0 Å². The minimum Gasteiger partial charge on any atom is -0.406 e. The quantitative estimate of drug-likeness (QED) is 0.594. The first kappa shape index (κ1) is 16.3. The first-order chi connectivity index (χ1) is 9.76. The van der Waals surface area contributed by atoms with Gasteiger partial charge in [0.15, 0.2) is 0 Å². The van der Waals surface area contributed by atoms with Crippen molar-refractivity contribution in [3.8, 4) is 5.75 Å². The molecule has 2 rings (SSSR count). The average molecular weight is 356 g/mol. The van der Waals surface area contributed by atoms with E-state index in [1.807, 2.05) is 0 Å². The normalized spacial score (nSPS) is 13.0. The van der Waals surface area contributed by atoms with Crippen molar-refractivity contribution >= 4 is 34.8 Å². The van der Waals surface area contributed by atoms with Crippen LogP contribution in [0.15, 0.2) is 42.5 Å². The van der Waals surface area contributed by atoms with Crippen LogP contribution < -0.4 is 4.74 Å². The standard InChI is InChI=1S/C14H8Cl3F3O/c15-11-6-3-9(7-12(11)16)13(17)8-1-4-10(5-2-8)21-14(18,19)20/h1-7,13H. The van der Waals surface area contributed by atoms with E-state index in [1.54, 1.807) is 18.2 Å². The monoisotopic (exact) mass is 354 g/mol. The molecule has 0 aromatic heterocycles. The predicted octanol–water partition coefficient (Wildman–Crippen LogP) is 6.22. The molecule has 0 N–H and O–H groups in total. The third-order valence-electron chi connectivity index (χ3n) is 2.64. The van der Waals surface area contributed by atoms with Gasteiger partial charge in [0.05, 0.1) is 15.4 Å². The number of benzene rings is 2. The summed E-state index contributed by atoms with van der Waals surface area (Å²) in [5.41, 5.74) is 1.31. The Morgan fingerprint density at radius 1 is 0.857 bits per heavy atom. The lowest BCUT2D eigenvalue weighted by atomic mass is 10.0. The van der Waals surface area contributed by atoms with E-state index in [9.17, 15) is 13.2 Å². The Hall–Kier alpha value is -1.10. The maximum atomic E-state index is 12.1. The first-order valence-corrected chi connectivity index (χ1v) is 6.90. The number of hydrogen-bond acceptors (Lipinski definition) is 1. The van der Waals surface area contributed by atoms with Gasteiger partial charge in [0, 0.05) is 0 Å². The van der Waals surface area contributed by atoms with Crippen molar-refractivity contribution in [2.45, 2.75) is 11.7 Å². The van der Waals surface area contributed by atoms with Crippen LogP contribution in [-0.2, 0) is 0 Å². The van der Waals surface area contributed by atoms with Crippen LogP contribution in [0.2, 0.25) is 10.0 Å². The van der Waals surface area contributed by atoms with E-state index in [1.165, 1.54) is 24.3 Å². The summed E-state index contributed by atoms with van der Waals surface area (Å²) < 4.78 is 40.0. The number of rotatable bonds is 3. The SMILES string of the molecule is FC(F)(F)Oc1ccc(C(Cl)c2ccc(Cl)c(Cl)c2)cc1. The van der Waals surface area contributed by atoms with Crippen molar-refractivity contribution in [1.29, 1.82) is 0 Å². The van der Waals surface area contributed by atoms with E-state index in [0.29, 0.717) is 21.2 Å². The number of halogens is 6. The second-order valence-corrected chi connectivity index (χ2v) is 5.40. The van der Waals surface area contributed by atoms with Gasteiger partial charge in [0.2, 0.25) is 0 Å². The molecule has 2 aromatic carbocycles. The van der Waals surface area contributed by atoms with Crippen molar-refractivity contribution in [1.82, 2.24) is 0 Å². The van der Waals surface area contributed by atoms with Gasteiger partial charge in [-0.05, 0) is 35.4 Å². The van der Waals surface area contributed by atoms with Crippen molar-refractivity contribution in [3.05, 3.63) is 63.6 Å². The Bertz CT molecular complexity index is 626. The van der Waals surface area contributed by atoms with Gasteiger partial charge in [-0.15, -0.1) is 24.8 Å². The van der Waals surface area contributed by atoms with E-state index in [0.717, 1.165) is 0 Å². The zero-order valence-electron chi connectivity index (χ0n) is 10.3. The summed E-state index contributed by atoms with van der Waals surface area (Å²) >= 11 is 18.0. The molecule has 2 aromatic rings. The highest BCUT2D eigenvalue weighted by atomic mass is 35.5. The molecule has 0 fully saturated rings. The van der Waals surface area contributed by atoms with Crippen LogP contribution >= 0.6 is 34.8 Å². The summed E-state index contributed by atoms with van der Waals surface area (Å²) in [6.45, 7) is 0. The van der Waals surface area contributed by atoms with Crippen LogP contribution in [-0.4, -0.2) is 6.36 Å². The molecule has 0 saturated heterocycles. The lowest BCUT2D eigenvalue weighted by Gasteiger charge is -2.13. The summed E-state index contributed by atoms with van der Waals surface area (Å²) in [5, 5.41) is 0.203. The smallest absolute Gasteiger partial charge is 0.406 e. The molecule has 0 amide bonds. The molecule has 0 aliphatic heterocycles. The fourth-order valence-corrected chi connectivity index (χ4v) is 2.29. The highest BCUT2D eigenvalue weighted by Gasteiger charge is 2.31. The molecule has 0 radical (unpaired) electrons. The van der Waals surface area contributed by atoms with Crippen LogP contribution in [0.4, 0.5) is 13.2 Å². The van der Waals surface area contributed by atoms with Gasteiger partial charge < -0.3 is 4.74 Å². The molecule has 1 nitrogen and oxygen atoms in total. The molecule has 112 valence electrons. The molecule has 0 saturated carbocycles. The molecular formula is C14H8Cl3F3O. The summed E-state index contributed by atoms with van der Waals surface area (Å²) in [6, 6.07) is 10.2. The van der Waals surface area contributed by atoms with Gasteiger partial charge in [-0.25, -0.2) is 0 Å². The van der Waals surface area contributed by atoms with Gasteiger partial charge in [-0.3, -0.25) is 0 Å². The summed E-state index contributed by atoms with van der Waals surface area (Å²) in [7, 11) is 0. The first-order valence-electron chi connectivity index (χ1n) is 5.71. The molecule has 1 unspecified atom stereocenters. The number of hydrogen-bond donors (Lipinski definition) is 0. The Labute approximate surface area is 134 Å². The van der Waals surface area contributed by atoms with Crippen LogP contribution in [0.3, 0.4) is 0 Å². The van der Waals surface area contributed by atoms with Crippen LogP contribution in [0.25, 0.3) is 0 Å². The maximum absolute atomic E-state index is 12.1. The van der Waals surface area contributed by atoms with E-state index in [2.05, 4.69) is 4.74 Å². The topological polar surface area (TPSA) is 9.23 Å². The van der Waals surface area contributed by atoms with E-state index in [-0.39, 0.29) is 5.75 Å². The van der Waals surface area contributed by atoms with Crippen molar-refractivity contribution < 1.29 is 17.9 Å². The van der Waals surface area contributed by atoms with Crippen molar-refractivity contribution in [2.75, 3.05) is 0 Å². The third kappa shape index (κ3) is 4.43. The maximum Gasteiger partial charge on any atom is 0.573 e. The molecule has 1 atom stereocenters. The fraction of sp³-hybridized carbons (Fsp3) is 0.143. The zero-order valence-corrected chi connectivity index (χ0v) is 12.6. The summed E-state index contributed by atoms with van der Waals surface area (Å²) in [4.78, 5) is 0. The van der Waals surface area contributed by atoms with E-state index in [4.69, 9.17) is 34.8 Å². The van der Waals surface area contributed by atoms with Crippen LogP contribution in [0.1, 0.15) is 16.5 Å². The van der Waals surface area contributed by atoms with Crippen LogP contribution in [0.5, 0.6) is 5.75 Å². The molecule has 0 aliphatic rings. The molecule has 0 bridgehead atoms. The van der Waals surface area contributed by atoms with Gasteiger partial charge >= 0.3 is 6.36 Å². The number of ether oxygens (including phenoxy) is 1. The lowest BCUT2D eigenvalue weighted by molar-refractivity contribution is -0.274. The molecular weight excluding hydrogens is 348 g/mol. The fourth-order valence-electron chi connectivity index (χ4n) is 1.70. The Kier molecular flexibility index (Phi) is 4.91. The Balaban J connectivity index is 2.19.